The summed E-state index contributed by atoms with van der Waals surface area (Å²) in [5.41, 5.74) is 5.77. The first kappa shape index (κ1) is 13.1. The Labute approximate surface area is 118 Å². The van der Waals surface area contributed by atoms with Gasteiger partial charge in [0.1, 0.15) is 11.9 Å². The Morgan fingerprint density at radius 1 is 1.56 bits per heavy atom. The van der Waals surface area contributed by atoms with E-state index in [9.17, 15) is 9.59 Å². The first-order chi connectivity index (χ1) is 8.65. The zero-order valence-electron chi connectivity index (χ0n) is 9.60. The smallest absolute Gasteiger partial charge is 0.258 e. The summed E-state index contributed by atoms with van der Waals surface area (Å²) >= 11 is 1.92. The van der Waals surface area contributed by atoms with Crippen molar-refractivity contribution in [3.8, 4) is 0 Å². The van der Waals surface area contributed by atoms with E-state index in [4.69, 9.17) is 5.73 Å². The molecule has 6 nitrogen and oxygen atoms in total. The zero-order valence-corrected chi connectivity index (χ0v) is 11.8. The Hall–Kier alpha value is -1.38. The van der Waals surface area contributed by atoms with Crippen molar-refractivity contribution in [3.05, 3.63) is 23.9 Å². The fraction of sp³-hybridized carbons (Fsp3) is 0.364. The first-order valence-corrected chi connectivity index (χ1v) is 6.65. The molecule has 96 valence electrons. The lowest BCUT2D eigenvalue weighted by atomic mass is 10.2. The van der Waals surface area contributed by atoms with Crippen molar-refractivity contribution in [2.75, 3.05) is 10.1 Å². The number of halogens is 1. The molecular formula is C11H13IN4O2. The number of nitrogens with two attached hydrogens (primary N) is 1. The van der Waals surface area contributed by atoms with E-state index in [1.54, 1.807) is 18.3 Å². The monoisotopic (exact) mass is 360 g/mol. The first-order valence-electron chi connectivity index (χ1n) is 5.57. The molecular weight excluding hydrogens is 347 g/mol. The lowest BCUT2D eigenvalue weighted by Gasteiger charge is -2.22. The van der Waals surface area contributed by atoms with E-state index in [0.717, 1.165) is 6.42 Å². The van der Waals surface area contributed by atoms with Crippen LogP contribution in [-0.4, -0.2) is 34.3 Å². The van der Waals surface area contributed by atoms with Crippen LogP contribution in [0.5, 0.6) is 0 Å². The fourth-order valence-corrected chi connectivity index (χ4v) is 2.54. The highest BCUT2D eigenvalue weighted by atomic mass is 127. The predicted molar refractivity (Wildman–Crippen MR) is 75.1 cm³/mol. The van der Waals surface area contributed by atoms with Crippen LogP contribution in [0.1, 0.15) is 23.2 Å². The van der Waals surface area contributed by atoms with Crippen LogP contribution in [0, 0.1) is 0 Å². The Morgan fingerprint density at radius 2 is 2.33 bits per heavy atom. The number of nitrogens with zero attached hydrogens (tertiary/aromatic N) is 2. The van der Waals surface area contributed by atoms with Crippen molar-refractivity contribution in [2.24, 2.45) is 5.73 Å². The molecule has 1 aliphatic rings. The molecule has 2 rings (SSSR count). The van der Waals surface area contributed by atoms with E-state index < -0.39 is 11.9 Å². The lowest BCUT2D eigenvalue weighted by molar-refractivity contribution is -0.121. The van der Waals surface area contributed by atoms with E-state index in [2.05, 4.69) is 8.51 Å². The average molecular weight is 360 g/mol. The molecule has 0 aromatic carbocycles. The van der Waals surface area contributed by atoms with Gasteiger partial charge in [0, 0.05) is 12.7 Å². The van der Waals surface area contributed by atoms with E-state index in [1.807, 2.05) is 22.9 Å². The summed E-state index contributed by atoms with van der Waals surface area (Å²) in [5.74, 6) is -0.157. The van der Waals surface area contributed by atoms with Crippen molar-refractivity contribution in [1.82, 2.24) is 9.88 Å². The number of rotatable bonds is 3. The predicted octanol–water partition coefficient (Wildman–Crippen LogP) is 0.933. The second kappa shape index (κ2) is 5.51. The maximum Gasteiger partial charge on any atom is 0.258 e. The van der Waals surface area contributed by atoms with Gasteiger partial charge in [0.2, 0.25) is 5.91 Å². The summed E-state index contributed by atoms with van der Waals surface area (Å²) in [7, 11) is 0. The topological polar surface area (TPSA) is 88.3 Å². The molecule has 0 saturated carbocycles. The van der Waals surface area contributed by atoms with Gasteiger partial charge in [-0.3, -0.25) is 9.59 Å². The second-order valence-electron chi connectivity index (χ2n) is 4.05. The van der Waals surface area contributed by atoms with Crippen molar-refractivity contribution >= 4 is 40.5 Å². The van der Waals surface area contributed by atoms with Gasteiger partial charge in [-0.25, -0.2) is 4.98 Å². The van der Waals surface area contributed by atoms with Gasteiger partial charge in [-0.2, -0.15) is 0 Å². The van der Waals surface area contributed by atoms with Gasteiger partial charge in [-0.15, -0.1) is 0 Å². The SMILES string of the molecule is NC(=O)C1CCCN1C(=O)c1cccnc1NI. The number of carbonyl (C=O) groups excluding carboxylic acids is 2. The number of likely N-dealkylation sites (tertiary alicyclic amines) is 1. The summed E-state index contributed by atoms with van der Waals surface area (Å²) in [6.45, 7) is 0.558. The number of hydrogen-bond donors (Lipinski definition) is 2. The van der Waals surface area contributed by atoms with Gasteiger partial charge >= 0.3 is 0 Å². The molecule has 1 saturated heterocycles. The van der Waals surface area contributed by atoms with Crippen LogP contribution in [0.2, 0.25) is 0 Å². The maximum absolute atomic E-state index is 12.4. The van der Waals surface area contributed by atoms with Crippen LogP contribution in [0.3, 0.4) is 0 Å². The number of primary amides is 1. The van der Waals surface area contributed by atoms with Gasteiger partial charge in [0.15, 0.2) is 0 Å². The third-order valence-electron chi connectivity index (χ3n) is 2.97. The maximum atomic E-state index is 12.4. The van der Waals surface area contributed by atoms with Crippen LogP contribution >= 0.6 is 22.9 Å². The van der Waals surface area contributed by atoms with E-state index in [1.165, 1.54) is 4.90 Å². The number of carbonyl (C=O) groups is 2. The molecule has 1 aromatic heterocycles. The van der Waals surface area contributed by atoms with Crippen LogP contribution in [0.25, 0.3) is 0 Å². The average Bonchev–Trinajstić information content (AvgIpc) is 2.87. The summed E-state index contributed by atoms with van der Waals surface area (Å²) in [6.07, 6.45) is 3.04. The van der Waals surface area contributed by atoms with Gasteiger partial charge < -0.3 is 14.2 Å². The van der Waals surface area contributed by atoms with Crippen molar-refractivity contribution in [3.63, 3.8) is 0 Å². The minimum Gasteiger partial charge on any atom is -0.368 e. The van der Waals surface area contributed by atoms with Crippen LogP contribution in [-0.2, 0) is 4.79 Å². The molecule has 1 atom stereocenters. The highest BCUT2D eigenvalue weighted by molar-refractivity contribution is 14.1. The van der Waals surface area contributed by atoms with Gasteiger partial charge in [-0.1, -0.05) is 0 Å². The van der Waals surface area contributed by atoms with Crippen molar-refractivity contribution < 1.29 is 9.59 Å². The third kappa shape index (κ3) is 2.40. The molecule has 1 aliphatic heterocycles. The van der Waals surface area contributed by atoms with E-state index in [0.29, 0.717) is 24.3 Å². The molecule has 18 heavy (non-hydrogen) atoms. The molecule has 0 radical (unpaired) electrons. The summed E-state index contributed by atoms with van der Waals surface area (Å²) in [4.78, 5) is 29.3. The molecule has 0 bridgehead atoms. The Bertz CT molecular complexity index is 480. The van der Waals surface area contributed by atoms with Gasteiger partial charge in [0.25, 0.3) is 5.91 Å². The third-order valence-corrected chi connectivity index (χ3v) is 3.48. The highest BCUT2D eigenvalue weighted by Gasteiger charge is 2.34. The van der Waals surface area contributed by atoms with E-state index >= 15 is 0 Å². The molecule has 7 heteroatoms. The normalized spacial score (nSPS) is 18.7. The molecule has 1 fully saturated rings. The summed E-state index contributed by atoms with van der Waals surface area (Å²) in [5, 5.41) is 0. The molecule has 0 spiro atoms. The van der Waals surface area contributed by atoms with Crippen molar-refractivity contribution in [1.29, 1.82) is 0 Å². The van der Waals surface area contributed by atoms with Crippen LogP contribution < -0.4 is 9.26 Å². The largest absolute Gasteiger partial charge is 0.368 e. The number of pyridine rings is 1. The molecule has 1 unspecified atom stereocenters. The molecule has 3 N–H and O–H groups in total. The minimum atomic E-state index is -0.500. The standard InChI is InChI=1S/C11H13IN4O2/c12-15-10-7(3-1-5-14-10)11(18)16-6-2-4-8(16)9(13)17/h1,3,5,8H,2,4,6H2,(H2,13,17)(H,14,15). The highest BCUT2D eigenvalue weighted by Crippen LogP contribution is 2.23. The molecule has 2 heterocycles. The van der Waals surface area contributed by atoms with E-state index in [-0.39, 0.29) is 5.91 Å². The summed E-state index contributed by atoms with van der Waals surface area (Å²) in [6, 6.07) is 2.88. The number of nitrogens with one attached hydrogen (secondary N) is 1. The Balaban J connectivity index is 2.28. The number of hydrogen-bond acceptors (Lipinski definition) is 4. The molecule has 0 aliphatic carbocycles. The lowest BCUT2D eigenvalue weighted by Crippen LogP contribution is -2.43. The quantitative estimate of drug-likeness (QED) is 0.620. The molecule has 2 amide bonds. The van der Waals surface area contributed by atoms with Gasteiger partial charge in [0.05, 0.1) is 28.4 Å². The minimum absolute atomic E-state index is 0.205. The van der Waals surface area contributed by atoms with Crippen LogP contribution in [0.4, 0.5) is 5.82 Å². The summed E-state index contributed by atoms with van der Waals surface area (Å²) < 4.78 is 2.84. The Kier molecular flexibility index (Phi) is 4.00. The Morgan fingerprint density at radius 3 is 3.00 bits per heavy atom. The molecule has 1 aromatic rings. The van der Waals surface area contributed by atoms with Crippen LogP contribution in [0.15, 0.2) is 18.3 Å². The van der Waals surface area contributed by atoms with Gasteiger partial charge in [-0.05, 0) is 25.0 Å². The fourth-order valence-electron chi connectivity index (χ4n) is 2.11. The number of anilines is 1. The zero-order chi connectivity index (χ0) is 13.1. The number of amides is 2. The second-order valence-corrected chi connectivity index (χ2v) is 4.59. The number of aromatic nitrogens is 1. The van der Waals surface area contributed by atoms with Crippen molar-refractivity contribution in [2.45, 2.75) is 18.9 Å².